The predicted molar refractivity (Wildman–Crippen MR) is 85.4 cm³/mol. The number of ether oxygens (including phenoxy) is 1. The Kier molecular flexibility index (Phi) is 4.19. The van der Waals surface area contributed by atoms with E-state index in [1.807, 2.05) is 12.1 Å². The van der Waals surface area contributed by atoms with Gasteiger partial charge in [-0.1, -0.05) is 0 Å². The van der Waals surface area contributed by atoms with Gasteiger partial charge in [-0.25, -0.2) is 9.18 Å². The Morgan fingerprint density at radius 3 is 2.48 bits per heavy atom. The lowest BCUT2D eigenvalue weighted by Gasteiger charge is -2.04. The van der Waals surface area contributed by atoms with Gasteiger partial charge in [-0.2, -0.15) is 0 Å². The van der Waals surface area contributed by atoms with Crippen molar-refractivity contribution >= 4 is 5.97 Å². The molecule has 5 heteroatoms. The third-order valence-electron chi connectivity index (χ3n) is 3.44. The Balaban J connectivity index is 2.10. The van der Waals surface area contributed by atoms with Gasteiger partial charge in [-0.15, -0.1) is 0 Å². The number of benzene rings is 1. The average Bonchev–Trinajstić information content (AvgIpc) is 3.02. The maximum Gasteiger partial charge on any atom is 0.340 e. The van der Waals surface area contributed by atoms with Crippen LogP contribution in [0, 0.1) is 5.82 Å². The number of esters is 1. The minimum Gasteiger partial charge on any atom is -0.462 e. The first kappa shape index (κ1) is 15.0. The van der Waals surface area contributed by atoms with Crippen LogP contribution in [-0.4, -0.2) is 22.5 Å². The fraction of sp³-hybridized carbons (Fsp3) is 0.111. The molecule has 0 fully saturated rings. The smallest absolute Gasteiger partial charge is 0.340 e. The number of rotatable bonds is 4. The summed E-state index contributed by atoms with van der Waals surface area (Å²) in [6.45, 7) is 2.04. The van der Waals surface area contributed by atoms with Gasteiger partial charge >= 0.3 is 5.97 Å². The molecule has 23 heavy (non-hydrogen) atoms. The van der Waals surface area contributed by atoms with Crippen molar-refractivity contribution in [2.75, 3.05) is 6.61 Å². The lowest BCUT2D eigenvalue weighted by Crippen LogP contribution is -2.04. The number of halogens is 1. The van der Waals surface area contributed by atoms with E-state index in [1.54, 1.807) is 37.5 Å². The van der Waals surface area contributed by atoms with Crippen molar-refractivity contribution in [2.45, 2.75) is 6.92 Å². The minimum absolute atomic E-state index is 0.289. The van der Waals surface area contributed by atoms with Crippen molar-refractivity contribution in [1.29, 1.82) is 0 Å². The van der Waals surface area contributed by atoms with E-state index in [0.29, 0.717) is 11.3 Å². The molecule has 3 rings (SSSR count). The molecule has 4 nitrogen and oxygen atoms in total. The van der Waals surface area contributed by atoms with Crippen LogP contribution < -0.4 is 0 Å². The van der Waals surface area contributed by atoms with Gasteiger partial charge in [0.1, 0.15) is 5.82 Å². The van der Waals surface area contributed by atoms with Crippen LogP contribution in [0.2, 0.25) is 0 Å². The zero-order valence-corrected chi connectivity index (χ0v) is 12.5. The molecule has 0 aliphatic rings. The molecule has 0 saturated heterocycles. The zero-order valence-electron chi connectivity index (χ0n) is 12.5. The van der Waals surface area contributed by atoms with Gasteiger partial charge in [0, 0.05) is 23.7 Å². The highest BCUT2D eigenvalue weighted by molar-refractivity contribution is 5.98. The Bertz CT molecular complexity index is 811. The lowest BCUT2D eigenvalue weighted by molar-refractivity contribution is 0.0527. The summed E-state index contributed by atoms with van der Waals surface area (Å²) in [6, 6.07) is 11.4. The Labute approximate surface area is 133 Å². The summed E-state index contributed by atoms with van der Waals surface area (Å²) < 4.78 is 18.3. The first-order chi connectivity index (χ1) is 11.2. The van der Waals surface area contributed by atoms with Crippen molar-refractivity contribution in [2.24, 2.45) is 0 Å². The molecule has 0 aliphatic heterocycles. The molecular weight excluding hydrogens is 295 g/mol. The highest BCUT2D eigenvalue weighted by atomic mass is 19.1. The summed E-state index contributed by atoms with van der Waals surface area (Å²) in [5, 5.41) is 0. The summed E-state index contributed by atoms with van der Waals surface area (Å²) in [4.78, 5) is 19.4. The SMILES string of the molecule is CCOC(=O)c1cc(-c2ccncc2)[nH]c1-c1ccc(F)cc1. The third-order valence-corrected chi connectivity index (χ3v) is 3.44. The first-order valence-electron chi connectivity index (χ1n) is 7.25. The normalized spacial score (nSPS) is 10.5. The molecule has 3 aromatic rings. The van der Waals surface area contributed by atoms with E-state index in [0.717, 1.165) is 16.8 Å². The fourth-order valence-electron chi connectivity index (χ4n) is 2.36. The lowest BCUT2D eigenvalue weighted by atomic mass is 10.1. The number of carbonyl (C=O) groups excluding carboxylic acids is 1. The second kappa shape index (κ2) is 6.44. The van der Waals surface area contributed by atoms with Crippen LogP contribution in [0.3, 0.4) is 0 Å². The van der Waals surface area contributed by atoms with Crippen LogP contribution in [0.25, 0.3) is 22.5 Å². The molecule has 0 radical (unpaired) electrons. The number of aromatic nitrogens is 2. The number of carbonyl (C=O) groups is 1. The van der Waals surface area contributed by atoms with Crippen LogP contribution in [0.1, 0.15) is 17.3 Å². The van der Waals surface area contributed by atoms with Gasteiger partial charge in [0.2, 0.25) is 0 Å². The molecule has 0 amide bonds. The van der Waals surface area contributed by atoms with Crippen molar-refractivity contribution in [3.63, 3.8) is 0 Å². The van der Waals surface area contributed by atoms with Gasteiger partial charge in [-0.3, -0.25) is 4.98 Å². The number of hydrogen-bond donors (Lipinski definition) is 1. The van der Waals surface area contributed by atoms with Gasteiger partial charge in [-0.05, 0) is 55.0 Å². The van der Waals surface area contributed by atoms with E-state index in [2.05, 4.69) is 9.97 Å². The second-order valence-corrected chi connectivity index (χ2v) is 4.93. The quantitative estimate of drug-likeness (QED) is 0.739. The monoisotopic (exact) mass is 310 g/mol. The van der Waals surface area contributed by atoms with Gasteiger partial charge in [0.05, 0.1) is 17.9 Å². The molecule has 0 aliphatic carbocycles. The molecule has 0 bridgehead atoms. The molecule has 0 unspecified atom stereocenters. The number of pyridine rings is 1. The summed E-state index contributed by atoms with van der Waals surface area (Å²) in [7, 11) is 0. The van der Waals surface area contributed by atoms with Crippen LogP contribution in [0.4, 0.5) is 4.39 Å². The van der Waals surface area contributed by atoms with Crippen molar-refractivity contribution in [3.8, 4) is 22.5 Å². The first-order valence-corrected chi connectivity index (χ1v) is 7.25. The van der Waals surface area contributed by atoms with Crippen molar-refractivity contribution < 1.29 is 13.9 Å². The molecule has 2 heterocycles. The Morgan fingerprint density at radius 2 is 1.83 bits per heavy atom. The maximum atomic E-state index is 13.1. The van der Waals surface area contributed by atoms with E-state index in [9.17, 15) is 9.18 Å². The molecule has 0 spiro atoms. The molecule has 1 N–H and O–H groups in total. The minimum atomic E-state index is -0.414. The van der Waals surface area contributed by atoms with Crippen LogP contribution >= 0.6 is 0 Å². The number of nitrogens with zero attached hydrogens (tertiary/aromatic N) is 1. The third kappa shape index (κ3) is 3.13. The summed E-state index contributed by atoms with van der Waals surface area (Å²) >= 11 is 0. The molecule has 1 aromatic carbocycles. The van der Waals surface area contributed by atoms with Crippen molar-refractivity contribution in [3.05, 3.63) is 66.2 Å². The Morgan fingerprint density at radius 1 is 1.13 bits per heavy atom. The largest absolute Gasteiger partial charge is 0.462 e. The highest BCUT2D eigenvalue weighted by Crippen LogP contribution is 2.29. The maximum absolute atomic E-state index is 13.1. The average molecular weight is 310 g/mol. The van der Waals surface area contributed by atoms with Gasteiger partial charge < -0.3 is 9.72 Å². The fourth-order valence-corrected chi connectivity index (χ4v) is 2.36. The van der Waals surface area contributed by atoms with E-state index >= 15 is 0 Å². The molecular formula is C18H15FN2O2. The molecule has 2 aromatic heterocycles. The molecule has 116 valence electrons. The summed E-state index contributed by atoms with van der Waals surface area (Å²) in [6.07, 6.45) is 3.36. The summed E-state index contributed by atoms with van der Waals surface area (Å²) in [5.41, 5.74) is 3.42. The van der Waals surface area contributed by atoms with E-state index in [-0.39, 0.29) is 12.4 Å². The number of nitrogens with one attached hydrogen (secondary N) is 1. The predicted octanol–water partition coefficient (Wildman–Crippen LogP) is 4.06. The van der Waals surface area contributed by atoms with Gasteiger partial charge in [0.15, 0.2) is 0 Å². The number of H-pyrrole nitrogens is 1. The van der Waals surface area contributed by atoms with E-state index < -0.39 is 5.97 Å². The Hall–Kier alpha value is -2.95. The van der Waals surface area contributed by atoms with Crippen molar-refractivity contribution in [1.82, 2.24) is 9.97 Å². The van der Waals surface area contributed by atoms with Gasteiger partial charge in [0.25, 0.3) is 0 Å². The van der Waals surface area contributed by atoms with Crippen LogP contribution in [-0.2, 0) is 4.74 Å². The highest BCUT2D eigenvalue weighted by Gasteiger charge is 2.18. The number of hydrogen-bond acceptors (Lipinski definition) is 3. The van der Waals surface area contributed by atoms with Crippen LogP contribution in [0.5, 0.6) is 0 Å². The topological polar surface area (TPSA) is 55.0 Å². The molecule has 0 saturated carbocycles. The standard InChI is InChI=1S/C18H15FN2O2/c1-2-23-18(22)15-11-16(12-7-9-20-10-8-12)21-17(15)13-3-5-14(19)6-4-13/h3-11,21H,2H2,1H3. The number of aromatic amines is 1. The van der Waals surface area contributed by atoms with E-state index in [1.165, 1.54) is 12.1 Å². The van der Waals surface area contributed by atoms with E-state index in [4.69, 9.17) is 4.74 Å². The summed E-state index contributed by atoms with van der Waals surface area (Å²) in [5.74, 6) is -0.740. The second-order valence-electron chi connectivity index (χ2n) is 4.93. The zero-order chi connectivity index (χ0) is 16.2. The van der Waals surface area contributed by atoms with Crippen LogP contribution in [0.15, 0.2) is 54.9 Å². The molecule has 0 atom stereocenters.